The Kier molecular flexibility index (Phi) is 5.66. The van der Waals surface area contributed by atoms with Crippen molar-refractivity contribution in [3.8, 4) is 11.1 Å². The Balaban J connectivity index is 0.000000472. The summed E-state index contributed by atoms with van der Waals surface area (Å²) >= 11 is -2.47. The van der Waals surface area contributed by atoms with Crippen molar-refractivity contribution in [2.24, 2.45) is 0 Å². The van der Waals surface area contributed by atoms with Crippen LogP contribution >= 0.6 is 0 Å². The molecule has 2 nitrogen and oxygen atoms in total. The minimum atomic E-state index is -2.47. The molecule has 1 amide bonds. The first-order valence-corrected chi connectivity index (χ1v) is 13.9. The third-order valence-corrected chi connectivity index (χ3v) is 12.0. The van der Waals surface area contributed by atoms with Gasteiger partial charge in [0.25, 0.3) is 0 Å². The summed E-state index contributed by atoms with van der Waals surface area (Å²) in [5.74, 6) is 0.111. The molecule has 2 aliphatic rings. The molecule has 0 atom stereocenters. The summed E-state index contributed by atoms with van der Waals surface area (Å²) in [7, 11) is 0. The van der Waals surface area contributed by atoms with Crippen LogP contribution in [-0.4, -0.2) is 5.91 Å². The third kappa shape index (κ3) is 3.79. The Morgan fingerprint density at radius 1 is 0.793 bits per heavy atom. The number of allylic oxidation sites excluding steroid dienone is 2. The molecule has 1 N–H and O–H groups in total. The average Bonchev–Trinajstić information content (AvgIpc) is 3.47. The molecule has 0 spiro atoms. The van der Waals surface area contributed by atoms with Crippen LogP contribution in [0.4, 0.5) is 0 Å². The van der Waals surface area contributed by atoms with Crippen LogP contribution in [-0.2, 0) is 16.8 Å². The van der Waals surface area contributed by atoms with Crippen molar-refractivity contribution in [1.82, 2.24) is 3.80 Å². The van der Waals surface area contributed by atoms with Gasteiger partial charge in [0.15, 0.2) is 0 Å². The van der Waals surface area contributed by atoms with Gasteiger partial charge in [-0.1, -0.05) is 25.3 Å². The predicted octanol–water partition coefficient (Wildman–Crippen LogP) is 6.46. The van der Waals surface area contributed by atoms with Gasteiger partial charge in [-0.3, -0.25) is 0 Å². The van der Waals surface area contributed by atoms with Crippen LogP contribution in [0, 0.1) is 0 Å². The van der Waals surface area contributed by atoms with E-state index in [1.165, 1.54) is 31.7 Å². The van der Waals surface area contributed by atoms with E-state index in [4.69, 9.17) is 0 Å². The first kappa shape index (κ1) is 19.6. The van der Waals surface area contributed by atoms with E-state index in [1.807, 2.05) is 30.3 Å². The fourth-order valence-electron chi connectivity index (χ4n) is 4.26. The van der Waals surface area contributed by atoms with Crippen LogP contribution in [0.5, 0.6) is 0 Å². The third-order valence-electron chi connectivity index (χ3n) is 5.74. The first-order chi connectivity index (χ1) is 14.2. The van der Waals surface area contributed by atoms with Crippen LogP contribution in [0.3, 0.4) is 0 Å². The zero-order valence-corrected chi connectivity index (χ0v) is 18.0. The molecule has 1 heterocycles. The molecule has 0 radical (unpaired) electrons. The zero-order valence-electron chi connectivity index (χ0n) is 16.5. The van der Waals surface area contributed by atoms with Crippen molar-refractivity contribution >= 4 is 5.91 Å². The van der Waals surface area contributed by atoms with E-state index in [0.717, 1.165) is 5.56 Å². The van der Waals surface area contributed by atoms with Gasteiger partial charge in [0, 0.05) is 0 Å². The number of nitrogens with one attached hydrogen (secondary N) is 1. The molecule has 1 saturated heterocycles. The molecule has 1 aliphatic heterocycles. The summed E-state index contributed by atoms with van der Waals surface area (Å²) in [4.78, 5) is 12.8. The van der Waals surface area contributed by atoms with Crippen molar-refractivity contribution in [1.29, 1.82) is 0 Å². The van der Waals surface area contributed by atoms with E-state index in [-0.39, 0.29) is 5.91 Å². The molecule has 0 bridgehead atoms. The van der Waals surface area contributed by atoms with Gasteiger partial charge in [-0.25, -0.2) is 0 Å². The summed E-state index contributed by atoms with van der Waals surface area (Å²) < 4.78 is 6.41. The van der Waals surface area contributed by atoms with Crippen molar-refractivity contribution in [3.63, 3.8) is 0 Å². The molecule has 144 valence electrons. The zero-order chi connectivity index (χ0) is 20.3. The standard InChI is InChI=1S/C13H9.C7H7NO.C4H6.C2H4.Ti/c1-3-7-12-10(5-1)9-11-6-2-4-8-13(11)12;8-7(9)6-4-2-1-3-5-6;1-3-4-2;1-2;/h1-9H;1-5H,(H2,8,9);3-4H,1-2H2;1-2H2;/q;;;;+1/p-1. The second kappa shape index (κ2) is 8.36. The number of amides is 1. The quantitative estimate of drug-likeness (QED) is 0.384. The van der Waals surface area contributed by atoms with Crippen molar-refractivity contribution in [2.45, 2.75) is 13.7 Å². The summed E-state index contributed by atoms with van der Waals surface area (Å²) in [5.41, 5.74) is 6.34. The molecule has 0 saturated carbocycles. The number of carbonyl (C=O) groups is 1. The number of carbonyl (C=O) groups excluding carboxylic acids is 1. The van der Waals surface area contributed by atoms with E-state index in [2.05, 4.69) is 65.5 Å². The normalized spacial score (nSPS) is 15.2. The molecule has 3 heteroatoms. The molecule has 0 aromatic heterocycles. The monoisotopic (exact) mass is 415 g/mol. The molecule has 3 aromatic carbocycles. The van der Waals surface area contributed by atoms with Gasteiger partial charge in [-0.05, 0) is 0 Å². The number of benzene rings is 3. The Hall–Kier alpha value is -2.68. The number of hydrogen-bond donors (Lipinski definition) is 1. The number of fused-ring (bicyclic) bond motifs is 3. The second-order valence-corrected chi connectivity index (χ2v) is 14.0. The minimum absolute atomic E-state index is 0.111. The van der Waals surface area contributed by atoms with Gasteiger partial charge >= 0.3 is 152 Å². The van der Waals surface area contributed by atoms with Gasteiger partial charge in [-0.15, -0.1) is 0 Å². The van der Waals surface area contributed by atoms with Gasteiger partial charge in [0.1, 0.15) is 0 Å². The molecule has 1 fully saturated rings. The van der Waals surface area contributed by atoms with Crippen LogP contribution in [0.1, 0.15) is 25.7 Å². The Morgan fingerprint density at radius 3 is 1.76 bits per heavy atom. The SMILES string of the molecule is C=CC=C.O=C([NH][Ti]1([CH]2c3ccccc3-c3ccccc32)[CH2][CH2]1)c1ccccc1. The second-order valence-electron chi connectivity index (χ2n) is 7.56. The van der Waals surface area contributed by atoms with Crippen LogP contribution in [0.2, 0.25) is 9.45 Å². The van der Waals surface area contributed by atoms with E-state index in [0.29, 0.717) is 4.22 Å². The van der Waals surface area contributed by atoms with Crippen LogP contribution in [0.15, 0.2) is 104 Å². The average molecular weight is 415 g/mol. The van der Waals surface area contributed by atoms with E-state index < -0.39 is 16.8 Å². The van der Waals surface area contributed by atoms with Gasteiger partial charge in [-0.2, -0.15) is 0 Å². The molecular weight excluding hydrogens is 390 g/mol. The summed E-state index contributed by atoms with van der Waals surface area (Å²) in [6.45, 7) is 6.72. The molecule has 1 aliphatic carbocycles. The molecule has 29 heavy (non-hydrogen) atoms. The van der Waals surface area contributed by atoms with Crippen molar-refractivity contribution in [2.75, 3.05) is 0 Å². The molecule has 3 aromatic rings. The summed E-state index contributed by atoms with van der Waals surface area (Å²) in [6, 6.07) is 27.1. The summed E-state index contributed by atoms with van der Waals surface area (Å²) in [5, 5.41) is 0. The van der Waals surface area contributed by atoms with Crippen LogP contribution < -0.4 is 3.80 Å². The molecular formula is C26H25NOTi. The maximum atomic E-state index is 12.8. The number of hydrogen-bond acceptors (Lipinski definition) is 1. The van der Waals surface area contributed by atoms with Crippen molar-refractivity contribution < 1.29 is 21.6 Å². The number of rotatable bonds is 4. The molecule has 0 unspecified atom stereocenters. The molecule has 5 rings (SSSR count). The maximum absolute atomic E-state index is 12.8. The topological polar surface area (TPSA) is 29.1 Å². The van der Waals surface area contributed by atoms with Gasteiger partial charge in [0.05, 0.1) is 0 Å². The van der Waals surface area contributed by atoms with E-state index in [1.54, 1.807) is 12.2 Å². The Labute approximate surface area is 176 Å². The van der Waals surface area contributed by atoms with Gasteiger partial charge < -0.3 is 0 Å². The Bertz CT molecular complexity index is 1000. The summed E-state index contributed by atoms with van der Waals surface area (Å²) in [6.07, 6.45) is 3.28. The van der Waals surface area contributed by atoms with Gasteiger partial charge in [0.2, 0.25) is 0 Å². The van der Waals surface area contributed by atoms with Crippen LogP contribution in [0.25, 0.3) is 11.1 Å². The predicted molar refractivity (Wildman–Crippen MR) is 118 cm³/mol. The fraction of sp³-hybridized carbons (Fsp3) is 0.115. The van der Waals surface area contributed by atoms with E-state index >= 15 is 0 Å². The first-order valence-electron chi connectivity index (χ1n) is 9.99. The fourth-order valence-corrected chi connectivity index (χ4v) is 11.5. The van der Waals surface area contributed by atoms with Crippen molar-refractivity contribution in [3.05, 3.63) is 121 Å². The van der Waals surface area contributed by atoms with E-state index in [9.17, 15) is 4.79 Å². The Morgan fingerprint density at radius 2 is 1.28 bits per heavy atom.